The Kier molecular flexibility index (Phi) is 12.7. The van der Waals surface area contributed by atoms with E-state index in [1.807, 2.05) is 42.2 Å². The van der Waals surface area contributed by atoms with Gasteiger partial charge in [0.2, 0.25) is 5.91 Å². The number of likely N-dealkylation sites (tertiary alicyclic amines) is 1. The molecule has 1 aromatic rings. The van der Waals surface area contributed by atoms with Crippen LogP contribution in [0.15, 0.2) is 35.3 Å². The second-order valence-electron chi connectivity index (χ2n) is 6.88. The molecule has 0 radical (unpaired) electrons. The van der Waals surface area contributed by atoms with Gasteiger partial charge in [0, 0.05) is 45.1 Å². The fourth-order valence-corrected chi connectivity index (χ4v) is 3.20. The molecule has 6 nitrogen and oxygen atoms in total. The van der Waals surface area contributed by atoms with Crippen molar-refractivity contribution in [1.82, 2.24) is 15.5 Å². The summed E-state index contributed by atoms with van der Waals surface area (Å²) in [5.41, 5.74) is 0. The molecule has 0 spiro atoms. The van der Waals surface area contributed by atoms with E-state index >= 15 is 0 Å². The van der Waals surface area contributed by atoms with Gasteiger partial charge in [-0.3, -0.25) is 9.79 Å². The van der Waals surface area contributed by atoms with Gasteiger partial charge in [0.25, 0.3) is 0 Å². The molecule has 0 bridgehead atoms. The molecule has 1 unspecified atom stereocenters. The summed E-state index contributed by atoms with van der Waals surface area (Å²) in [6, 6.07) is 10.2. The number of para-hydroxylation sites is 1. The summed E-state index contributed by atoms with van der Waals surface area (Å²) < 4.78 is 5.68. The van der Waals surface area contributed by atoms with Crippen molar-refractivity contribution in [2.75, 3.05) is 32.8 Å². The monoisotopic (exact) mass is 502 g/mol. The molecule has 1 heterocycles. The van der Waals surface area contributed by atoms with E-state index in [4.69, 9.17) is 4.74 Å². The van der Waals surface area contributed by atoms with Gasteiger partial charge in [-0.2, -0.15) is 0 Å². The molecule has 1 atom stereocenters. The molecule has 1 amide bonds. The van der Waals surface area contributed by atoms with E-state index in [1.54, 1.807) is 0 Å². The molecular formula is C21H35IN4O2. The SMILES string of the molecule is CCNC(=NCCCOc1ccccc1)NCCC(=O)N1CCCCC1C.I. The fraction of sp³-hybridized carbons (Fsp3) is 0.619. The Morgan fingerprint density at radius 2 is 2.04 bits per heavy atom. The molecule has 1 saturated heterocycles. The van der Waals surface area contributed by atoms with Crippen LogP contribution in [0.3, 0.4) is 0 Å². The Balaban J connectivity index is 0.00000392. The van der Waals surface area contributed by atoms with Gasteiger partial charge in [0.1, 0.15) is 5.75 Å². The lowest BCUT2D eigenvalue weighted by atomic mass is 10.0. The Morgan fingerprint density at radius 1 is 1.25 bits per heavy atom. The van der Waals surface area contributed by atoms with Gasteiger partial charge in [-0.05, 0) is 45.2 Å². The van der Waals surface area contributed by atoms with E-state index in [0.717, 1.165) is 44.1 Å². The number of hydrogen-bond acceptors (Lipinski definition) is 3. The lowest BCUT2D eigenvalue weighted by Gasteiger charge is -2.33. The molecule has 0 aromatic heterocycles. The van der Waals surface area contributed by atoms with Crippen LogP contribution in [0.2, 0.25) is 0 Å². The van der Waals surface area contributed by atoms with Gasteiger partial charge < -0.3 is 20.3 Å². The first-order chi connectivity index (χ1) is 13.2. The molecule has 1 fully saturated rings. The zero-order valence-electron chi connectivity index (χ0n) is 17.2. The van der Waals surface area contributed by atoms with Crippen LogP contribution in [0.25, 0.3) is 0 Å². The Morgan fingerprint density at radius 3 is 2.75 bits per heavy atom. The van der Waals surface area contributed by atoms with Crippen LogP contribution in [-0.2, 0) is 4.79 Å². The number of carbonyl (C=O) groups is 1. The number of hydrogen-bond donors (Lipinski definition) is 2. The highest BCUT2D eigenvalue weighted by Gasteiger charge is 2.22. The highest BCUT2D eigenvalue weighted by molar-refractivity contribution is 14.0. The predicted octanol–water partition coefficient (Wildman–Crippen LogP) is 3.42. The van der Waals surface area contributed by atoms with Crippen molar-refractivity contribution in [3.05, 3.63) is 30.3 Å². The zero-order valence-corrected chi connectivity index (χ0v) is 19.5. The highest BCUT2D eigenvalue weighted by Crippen LogP contribution is 2.16. The molecular weight excluding hydrogens is 467 g/mol. The highest BCUT2D eigenvalue weighted by atomic mass is 127. The third kappa shape index (κ3) is 9.12. The largest absolute Gasteiger partial charge is 0.494 e. The van der Waals surface area contributed by atoms with E-state index < -0.39 is 0 Å². The van der Waals surface area contributed by atoms with Gasteiger partial charge >= 0.3 is 0 Å². The fourth-order valence-electron chi connectivity index (χ4n) is 3.20. The normalized spacial score (nSPS) is 16.9. The average molecular weight is 502 g/mol. The van der Waals surface area contributed by atoms with Crippen LogP contribution < -0.4 is 15.4 Å². The molecule has 2 rings (SSSR count). The first kappa shape index (κ1) is 24.5. The number of benzene rings is 1. The number of aliphatic imine (C=N–C) groups is 1. The second-order valence-corrected chi connectivity index (χ2v) is 6.88. The number of amides is 1. The topological polar surface area (TPSA) is 66.0 Å². The van der Waals surface area contributed by atoms with Crippen molar-refractivity contribution in [1.29, 1.82) is 0 Å². The lowest BCUT2D eigenvalue weighted by molar-refractivity contribution is -0.134. The number of carbonyl (C=O) groups excluding carboxylic acids is 1. The number of ether oxygens (including phenoxy) is 1. The molecule has 1 aliphatic rings. The summed E-state index contributed by atoms with van der Waals surface area (Å²) in [6.07, 6.45) is 4.82. The van der Waals surface area contributed by atoms with Crippen molar-refractivity contribution in [2.45, 2.75) is 52.0 Å². The quantitative estimate of drug-likeness (QED) is 0.235. The summed E-state index contributed by atoms with van der Waals surface area (Å²) in [5.74, 6) is 1.88. The summed E-state index contributed by atoms with van der Waals surface area (Å²) in [6.45, 7) is 7.80. The van der Waals surface area contributed by atoms with Crippen LogP contribution in [-0.4, -0.2) is 55.6 Å². The second kappa shape index (κ2) is 14.5. The first-order valence-electron chi connectivity index (χ1n) is 10.2. The molecule has 2 N–H and O–H groups in total. The minimum absolute atomic E-state index is 0. The maximum absolute atomic E-state index is 12.4. The number of piperidine rings is 1. The van der Waals surface area contributed by atoms with E-state index in [2.05, 4.69) is 22.5 Å². The number of guanidine groups is 1. The first-order valence-corrected chi connectivity index (χ1v) is 10.2. The van der Waals surface area contributed by atoms with Crippen molar-refractivity contribution < 1.29 is 9.53 Å². The van der Waals surface area contributed by atoms with Gasteiger partial charge in [0.05, 0.1) is 6.61 Å². The maximum Gasteiger partial charge on any atom is 0.224 e. The van der Waals surface area contributed by atoms with Crippen LogP contribution in [0, 0.1) is 0 Å². The summed E-state index contributed by atoms with van der Waals surface area (Å²) in [4.78, 5) is 19.0. The zero-order chi connectivity index (χ0) is 19.3. The van der Waals surface area contributed by atoms with Gasteiger partial charge in [-0.15, -0.1) is 24.0 Å². The molecule has 0 aliphatic carbocycles. The maximum atomic E-state index is 12.4. The Bertz CT molecular complexity index is 583. The van der Waals surface area contributed by atoms with E-state index in [-0.39, 0.29) is 29.9 Å². The predicted molar refractivity (Wildman–Crippen MR) is 126 cm³/mol. The average Bonchev–Trinajstić information content (AvgIpc) is 2.68. The molecule has 1 aliphatic heterocycles. The van der Waals surface area contributed by atoms with Crippen molar-refractivity contribution in [3.8, 4) is 5.75 Å². The molecule has 158 valence electrons. The Hall–Kier alpha value is -1.51. The smallest absolute Gasteiger partial charge is 0.224 e. The van der Waals surface area contributed by atoms with E-state index in [1.165, 1.54) is 6.42 Å². The minimum Gasteiger partial charge on any atom is -0.494 e. The van der Waals surface area contributed by atoms with Gasteiger partial charge in [0.15, 0.2) is 5.96 Å². The van der Waals surface area contributed by atoms with E-state index in [0.29, 0.717) is 32.2 Å². The molecule has 1 aromatic carbocycles. The summed E-state index contributed by atoms with van der Waals surface area (Å²) in [5, 5.41) is 6.49. The summed E-state index contributed by atoms with van der Waals surface area (Å²) in [7, 11) is 0. The number of nitrogens with one attached hydrogen (secondary N) is 2. The van der Waals surface area contributed by atoms with Crippen LogP contribution in [0.4, 0.5) is 0 Å². The van der Waals surface area contributed by atoms with Gasteiger partial charge in [-0.1, -0.05) is 18.2 Å². The van der Waals surface area contributed by atoms with Crippen molar-refractivity contribution in [3.63, 3.8) is 0 Å². The molecule has 7 heteroatoms. The molecule has 0 saturated carbocycles. The third-order valence-corrected chi connectivity index (χ3v) is 4.68. The molecule has 28 heavy (non-hydrogen) atoms. The number of halogens is 1. The summed E-state index contributed by atoms with van der Waals surface area (Å²) >= 11 is 0. The lowest BCUT2D eigenvalue weighted by Crippen LogP contribution is -2.44. The standard InChI is InChI=1S/C21H34N4O2.HI/c1-3-22-21(23-14-9-17-27-19-11-5-4-6-12-19)24-15-13-20(26)25-16-8-7-10-18(25)2;/h4-6,11-12,18H,3,7-10,13-17H2,1-2H3,(H2,22,23,24);1H. The van der Waals surface area contributed by atoms with Gasteiger partial charge in [-0.25, -0.2) is 0 Å². The van der Waals surface area contributed by atoms with E-state index in [9.17, 15) is 4.79 Å². The third-order valence-electron chi connectivity index (χ3n) is 4.68. The number of nitrogens with zero attached hydrogens (tertiary/aromatic N) is 2. The van der Waals surface area contributed by atoms with Crippen LogP contribution in [0.5, 0.6) is 5.75 Å². The van der Waals surface area contributed by atoms with Crippen molar-refractivity contribution >= 4 is 35.8 Å². The van der Waals surface area contributed by atoms with Crippen molar-refractivity contribution in [2.24, 2.45) is 4.99 Å². The van der Waals surface area contributed by atoms with Crippen LogP contribution in [0.1, 0.15) is 46.0 Å². The minimum atomic E-state index is 0. The van der Waals surface area contributed by atoms with Crippen LogP contribution >= 0.6 is 24.0 Å². The Labute approximate surface area is 186 Å². The number of rotatable bonds is 9.